The molecule has 0 fully saturated rings. The number of fused-ring (bicyclic) bond motifs is 1. The minimum absolute atomic E-state index is 0.0355. The first kappa shape index (κ1) is 16.9. The van der Waals surface area contributed by atoms with Crippen molar-refractivity contribution in [1.82, 2.24) is 4.72 Å². The molecule has 128 valence electrons. The van der Waals surface area contributed by atoms with Crippen LogP contribution in [0.3, 0.4) is 0 Å². The summed E-state index contributed by atoms with van der Waals surface area (Å²) < 4.78 is 39.6. The van der Waals surface area contributed by atoms with Gasteiger partial charge in [-0.3, -0.25) is 0 Å². The Labute approximate surface area is 140 Å². The van der Waals surface area contributed by atoms with Crippen LogP contribution in [0.1, 0.15) is 17.2 Å². The van der Waals surface area contributed by atoms with Crippen LogP contribution in [0.5, 0.6) is 0 Å². The van der Waals surface area contributed by atoms with Gasteiger partial charge in [0.25, 0.3) is 0 Å². The lowest BCUT2D eigenvalue weighted by molar-refractivity contribution is 0.182. The predicted molar refractivity (Wildman–Crippen MR) is 90.0 cm³/mol. The lowest BCUT2D eigenvalue weighted by Gasteiger charge is -2.15. The second kappa shape index (κ2) is 6.51. The Balaban J connectivity index is 1.69. The summed E-state index contributed by atoms with van der Waals surface area (Å²) in [6.45, 7) is 0.792. The van der Waals surface area contributed by atoms with E-state index in [0.717, 1.165) is 36.3 Å². The first-order chi connectivity index (χ1) is 11.4. The summed E-state index contributed by atoms with van der Waals surface area (Å²) in [5, 5.41) is 10.3. The molecule has 24 heavy (non-hydrogen) atoms. The number of hydrogen-bond donors (Lipinski definition) is 2. The number of aliphatic hydroxyl groups excluding tert-OH is 1. The molecule has 1 heterocycles. The van der Waals surface area contributed by atoms with Crippen LogP contribution in [-0.4, -0.2) is 33.7 Å². The van der Waals surface area contributed by atoms with Crippen molar-refractivity contribution in [2.45, 2.75) is 17.4 Å². The fourth-order valence-electron chi connectivity index (χ4n) is 2.80. The molecule has 0 aliphatic carbocycles. The number of hydrogen-bond acceptors (Lipinski definition) is 4. The third-order valence-corrected chi connectivity index (χ3v) is 5.65. The van der Waals surface area contributed by atoms with E-state index in [1.165, 1.54) is 12.1 Å². The first-order valence-electron chi connectivity index (χ1n) is 7.64. The monoisotopic (exact) mass is 350 g/mol. The van der Waals surface area contributed by atoms with Crippen molar-refractivity contribution in [3.05, 3.63) is 59.4 Å². The van der Waals surface area contributed by atoms with Gasteiger partial charge in [0, 0.05) is 25.8 Å². The quantitative estimate of drug-likeness (QED) is 0.863. The Hall–Kier alpha value is -1.96. The average Bonchev–Trinajstić information content (AvgIpc) is 2.94. The van der Waals surface area contributed by atoms with Crippen molar-refractivity contribution in [2.24, 2.45) is 0 Å². The van der Waals surface area contributed by atoms with Crippen molar-refractivity contribution < 1.29 is 17.9 Å². The number of rotatable bonds is 5. The van der Waals surface area contributed by atoms with Gasteiger partial charge in [-0.15, -0.1) is 0 Å². The molecule has 0 saturated carbocycles. The zero-order chi connectivity index (χ0) is 17.3. The smallest absolute Gasteiger partial charge is 0.240 e. The maximum Gasteiger partial charge on any atom is 0.240 e. The highest BCUT2D eigenvalue weighted by Crippen LogP contribution is 2.29. The highest BCUT2D eigenvalue weighted by molar-refractivity contribution is 7.89. The number of likely N-dealkylation sites (N-methyl/N-ethyl adjacent to an activating group) is 1. The number of nitrogens with zero attached hydrogens (tertiary/aromatic N) is 1. The van der Waals surface area contributed by atoms with E-state index in [9.17, 15) is 17.9 Å². The number of halogens is 1. The Morgan fingerprint density at radius 1 is 1.25 bits per heavy atom. The van der Waals surface area contributed by atoms with Crippen molar-refractivity contribution in [3.8, 4) is 0 Å². The molecule has 0 amide bonds. The van der Waals surface area contributed by atoms with Crippen molar-refractivity contribution in [1.29, 1.82) is 0 Å². The molecule has 7 heteroatoms. The second-order valence-electron chi connectivity index (χ2n) is 5.88. The Morgan fingerprint density at radius 3 is 2.67 bits per heavy atom. The topological polar surface area (TPSA) is 69.6 Å². The molecule has 2 aromatic carbocycles. The lowest BCUT2D eigenvalue weighted by Crippen LogP contribution is -2.28. The molecular weight excluding hydrogens is 331 g/mol. The van der Waals surface area contributed by atoms with Gasteiger partial charge < -0.3 is 10.0 Å². The molecule has 1 aliphatic rings. The molecule has 2 N–H and O–H groups in total. The molecule has 1 aliphatic heterocycles. The van der Waals surface area contributed by atoms with Crippen LogP contribution in [-0.2, 0) is 16.4 Å². The molecule has 3 rings (SSSR count). The van der Waals surface area contributed by atoms with Gasteiger partial charge in [-0.2, -0.15) is 0 Å². The number of aliphatic hydroxyl groups is 1. The summed E-state index contributed by atoms with van der Waals surface area (Å²) in [5.41, 5.74) is 2.96. The normalized spacial score (nSPS) is 15.4. The van der Waals surface area contributed by atoms with Crippen LogP contribution < -0.4 is 9.62 Å². The van der Waals surface area contributed by atoms with Crippen molar-refractivity contribution >= 4 is 15.7 Å². The lowest BCUT2D eigenvalue weighted by atomic mass is 10.0. The fourth-order valence-corrected chi connectivity index (χ4v) is 3.84. The maximum atomic E-state index is 12.9. The van der Waals surface area contributed by atoms with E-state index in [1.807, 2.05) is 19.2 Å². The van der Waals surface area contributed by atoms with Crippen LogP contribution in [0.2, 0.25) is 0 Å². The Kier molecular flexibility index (Phi) is 4.58. The van der Waals surface area contributed by atoms with E-state index in [-0.39, 0.29) is 11.4 Å². The van der Waals surface area contributed by atoms with E-state index in [1.54, 1.807) is 6.07 Å². The minimum Gasteiger partial charge on any atom is -0.387 e. The van der Waals surface area contributed by atoms with E-state index in [2.05, 4.69) is 9.62 Å². The van der Waals surface area contributed by atoms with Gasteiger partial charge in [0.05, 0.1) is 11.0 Å². The second-order valence-corrected chi connectivity index (χ2v) is 7.65. The summed E-state index contributed by atoms with van der Waals surface area (Å²) in [6, 6.07) is 10.2. The Bertz CT molecular complexity index is 837. The van der Waals surface area contributed by atoms with Gasteiger partial charge in [-0.05, 0) is 47.9 Å². The van der Waals surface area contributed by atoms with Crippen LogP contribution >= 0.6 is 0 Å². The van der Waals surface area contributed by atoms with E-state index >= 15 is 0 Å². The highest BCUT2D eigenvalue weighted by atomic mass is 32.2. The van der Waals surface area contributed by atoms with E-state index in [0.29, 0.717) is 5.56 Å². The first-order valence-corrected chi connectivity index (χ1v) is 9.12. The molecule has 0 aromatic heterocycles. The SMILES string of the molecule is CN1CCc2cc(C(O)CNS(=O)(=O)c3ccc(F)cc3)ccc21. The zero-order valence-electron chi connectivity index (χ0n) is 13.2. The van der Waals surface area contributed by atoms with E-state index in [4.69, 9.17) is 0 Å². The largest absolute Gasteiger partial charge is 0.387 e. The van der Waals surface area contributed by atoms with Crippen LogP contribution in [0, 0.1) is 5.82 Å². The number of benzene rings is 2. The highest BCUT2D eigenvalue weighted by Gasteiger charge is 2.20. The van der Waals surface area contributed by atoms with Gasteiger partial charge in [-0.1, -0.05) is 12.1 Å². The average molecular weight is 350 g/mol. The molecule has 0 spiro atoms. The van der Waals surface area contributed by atoms with E-state index < -0.39 is 21.9 Å². The molecule has 2 aromatic rings. The summed E-state index contributed by atoms with van der Waals surface area (Å²) in [6.07, 6.45) is -0.0373. The molecule has 0 radical (unpaired) electrons. The summed E-state index contributed by atoms with van der Waals surface area (Å²) >= 11 is 0. The molecule has 0 saturated heterocycles. The third-order valence-electron chi connectivity index (χ3n) is 4.21. The van der Waals surface area contributed by atoms with Crippen LogP contribution in [0.15, 0.2) is 47.4 Å². The van der Waals surface area contributed by atoms with Gasteiger partial charge in [0.2, 0.25) is 10.0 Å². The minimum atomic E-state index is -3.79. The summed E-state index contributed by atoms with van der Waals surface area (Å²) in [7, 11) is -1.77. The third kappa shape index (κ3) is 3.43. The fraction of sp³-hybridized carbons (Fsp3) is 0.294. The number of anilines is 1. The Morgan fingerprint density at radius 2 is 1.96 bits per heavy atom. The van der Waals surface area contributed by atoms with Crippen molar-refractivity contribution in [3.63, 3.8) is 0 Å². The van der Waals surface area contributed by atoms with Crippen molar-refractivity contribution in [2.75, 3.05) is 25.0 Å². The van der Waals surface area contributed by atoms with Crippen LogP contribution in [0.4, 0.5) is 10.1 Å². The molecule has 0 bridgehead atoms. The van der Waals surface area contributed by atoms with Gasteiger partial charge in [0.15, 0.2) is 0 Å². The maximum absolute atomic E-state index is 12.9. The standard InChI is InChI=1S/C17H19FN2O3S/c1-20-9-8-12-10-13(2-7-16(12)20)17(21)11-19-24(22,23)15-5-3-14(18)4-6-15/h2-7,10,17,19,21H,8-9,11H2,1H3. The molecule has 5 nitrogen and oxygen atoms in total. The number of sulfonamides is 1. The molecule has 1 unspecified atom stereocenters. The number of nitrogens with one attached hydrogen (secondary N) is 1. The molecule has 1 atom stereocenters. The molecular formula is C17H19FN2O3S. The zero-order valence-corrected chi connectivity index (χ0v) is 14.1. The summed E-state index contributed by atoms with van der Waals surface area (Å²) in [5.74, 6) is -0.503. The summed E-state index contributed by atoms with van der Waals surface area (Å²) in [4.78, 5) is 2.11. The van der Waals surface area contributed by atoms with Gasteiger partial charge in [0.1, 0.15) is 5.82 Å². The van der Waals surface area contributed by atoms with Gasteiger partial charge >= 0.3 is 0 Å². The van der Waals surface area contributed by atoms with Crippen LogP contribution in [0.25, 0.3) is 0 Å². The van der Waals surface area contributed by atoms with Gasteiger partial charge in [-0.25, -0.2) is 17.5 Å². The predicted octanol–water partition coefficient (Wildman–Crippen LogP) is 1.83.